The topological polar surface area (TPSA) is 78.5 Å². The number of benzene rings is 1. The van der Waals surface area contributed by atoms with Crippen molar-refractivity contribution in [2.45, 2.75) is 129 Å². The zero-order chi connectivity index (χ0) is 26.3. The smallest absolute Gasteiger partial charge is 0.261 e. The molecule has 0 radical (unpaired) electrons. The SMILES string of the molecule is CCCCCCCCCCCCNC(=O)c1ccc2c(c1)C(=O)N(C1CC(C)(C)NC(C)(C)C1)C2=O. The minimum atomic E-state index is -0.280. The zero-order valence-corrected chi connectivity index (χ0v) is 23.2. The van der Waals surface area contributed by atoms with Crippen LogP contribution in [-0.2, 0) is 0 Å². The lowest BCUT2D eigenvalue weighted by Gasteiger charge is -2.48. The minimum Gasteiger partial charge on any atom is -0.352 e. The van der Waals surface area contributed by atoms with Gasteiger partial charge in [-0.1, -0.05) is 64.7 Å². The van der Waals surface area contributed by atoms with E-state index in [4.69, 9.17) is 0 Å². The van der Waals surface area contributed by atoms with Crippen LogP contribution in [0.15, 0.2) is 18.2 Å². The van der Waals surface area contributed by atoms with Crippen LogP contribution in [0.2, 0.25) is 0 Å². The molecule has 2 aliphatic heterocycles. The van der Waals surface area contributed by atoms with Gasteiger partial charge in [-0.25, -0.2) is 0 Å². The number of fused-ring (bicyclic) bond motifs is 1. The molecule has 0 spiro atoms. The average molecular weight is 498 g/mol. The van der Waals surface area contributed by atoms with Crippen LogP contribution in [0.4, 0.5) is 0 Å². The van der Waals surface area contributed by atoms with Gasteiger partial charge in [-0.15, -0.1) is 0 Å². The Hall–Kier alpha value is -2.21. The molecule has 1 aromatic rings. The Labute approximate surface area is 218 Å². The van der Waals surface area contributed by atoms with Crippen molar-refractivity contribution in [2.24, 2.45) is 0 Å². The van der Waals surface area contributed by atoms with Crippen molar-refractivity contribution in [1.29, 1.82) is 0 Å². The lowest BCUT2D eigenvalue weighted by molar-refractivity contribution is 0.0412. The average Bonchev–Trinajstić information content (AvgIpc) is 3.04. The van der Waals surface area contributed by atoms with E-state index in [0.29, 0.717) is 36.1 Å². The molecular weight excluding hydrogens is 450 g/mol. The van der Waals surface area contributed by atoms with Gasteiger partial charge >= 0.3 is 0 Å². The Bertz CT molecular complexity index is 921. The summed E-state index contributed by atoms with van der Waals surface area (Å²) in [6, 6.07) is 4.73. The van der Waals surface area contributed by atoms with Crippen molar-refractivity contribution in [3.05, 3.63) is 34.9 Å². The summed E-state index contributed by atoms with van der Waals surface area (Å²) in [5, 5.41) is 6.59. The molecule has 200 valence electrons. The third-order valence-corrected chi connectivity index (χ3v) is 7.53. The number of nitrogens with zero attached hydrogens (tertiary/aromatic N) is 1. The fraction of sp³-hybridized carbons (Fsp3) is 0.700. The summed E-state index contributed by atoms with van der Waals surface area (Å²) < 4.78 is 0. The van der Waals surface area contributed by atoms with Crippen LogP contribution in [0.25, 0.3) is 0 Å². The van der Waals surface area contributed by atoms with Gasteiger partial charge in [0.05, 0.1) is 11.1 Å². The van der Waals surface area contributed by atoms with Gasteiger partial charge in [0.2, 0.25) is 0 Å². The molecule has 0 aromatic heterocycles. The van der Waals surface area contributed by atoms with E-state index in [1.54, 1.807) is 18.2 Å². The molecule has 3 rings (SSSR count). The number of carbonyl (C=O) groups is 3. The molecule has 0 saturated carbocycles. The third-order valence-electron chi connectivity index (χ3n) is 7.53. The molecule has 0 unspecified atom stereocenters. The van der Waals surface area contributed by atoms with Gasteiger partial charge in [-0.05, 0) is 65.2 Å². The first-order valence-corrected chi connectivity index (χ1v) is 14.1. The van der Waals surface area contributed by atoms with E-state index in [-0.39, 0.29) is 34.8 Å². The molecule has 1 aromatic carbocycles. The predicted molar refractivity (Wildman–Crippen MR) is 145 cm³/mol. The maximum absolute atomic E-state index is 13.3. The van der Waals surface area contributed by atoms with Gasteiger partial charge in [-0.3, -0.25) is 19.3 Å². The number of rotatable bonds is 13. The van der Waals surface area contributed by atoms with Crippen LogP contribution < -0.4 is 10.6 Å². The number of unbranched alkanes of at least 4 members (excludes halogenated alkanes) is 9. The van der Waals surface area contributed by atoms with Crippen LogP contribution >= 0.6 is 0 Å². The second kappa shape index (κ2) is 12.4. The van der Waals surface area contributed by atoms with Crippen molar-refractivity contribution >= 4 is 17.7 Å². The number of carbonyl (C=O) groups excluding carboxylic acids is 3. The highest BCUT2D eigenvalue weighted by molar-refractivity contribution is 6.22. The second-order valence-corrected chi connectivity index (χ2v) is 12.1. The standard InChI is InChI=1S/C30H47N3O3/c1-6-7-8-9-10-11-12-13-14-15-18-31-26(34)22-16-17-24-25(19-22)28(36)33(27(24)35)23-20-29(2,3)32-30(4,5)21-23/h16-17,19,23,32H,6-15,18,20-21H2,1-5H3,(H,31,34). The number of hydrogen-bond donors (Lipinski definition) is 2. The largest absolute Gasteiger partial charge is 0.352 e. The molecule has 36 heavy (non-hydrogen) atoms. The van der Waals surface area contributed by atoms with Gasteiger partial charge in [-0.2, -0.15) is 0 Å². The lowest BCUT2D eigenvalue weighted by atomic mass is 9.79. The Morgan fingerprint density at radius 2 is 1.39 bits per heavy atom. The Morgan fingerprint density at radius 3 is 1.97 bits per heavy atom. The van der Waals surface area contributed by atoms with Gasteiger partial charge < -0.3 is 10.6 Å². The summed E-state index contributed by atoms with van der Waals surface area (Å²) in [7, 11) is 0. The molecule has 6 heteroatoms. The normalized spacial score (nSPS) is 19.0. The van der Waals surface area contributed by atoms with Crippen LogP contribution in [0, 0.1) is 0 Å². The second-order valence-electron chi connectivity index (χ2n) is 12.1. The highest BCUT2D eigenvalue weighted by Gasteiger charge is 2.47. The number of hydrogen-bond acceptors (Lipinski definition) is 4. The van der Waals surface area contributed by atoms with Crippen LogP contribution in [0.1, 0.15) is 143 Å². The third kappa shape index (κ3) is 7.41. The fourth-order valence-corrected chi connectivity index (χ4v) is 6.10. The first-order chi connectivity index (χ1) is 17.0. The van der Waals surface area contributed by atoms with Crippen LogP contribution in [0.3, 0.4) is 0 Å². The van der Waals surface area contributed by atoms with E-state index < -0.39 is 0 Å². The number of nitrogens with one attached hydrogen (secondary N) is 2. The number of piperidine rings is 1. The van der Waals surface area contributed by atoms with Crippen molar-refractivity contribution < 1.29 is 14.4 Å². The predicted octanol–water partition coefficient (Wildman–Crippen LogP) is 6.24. The van der Waals surface area contributed by atoms with Gasteiger partial charge in [0.25, 0.3) is 17.7 Å². The summed E-state index contributed by atoms with van der Waals surface area (Å²) in [4.78, 5) is 40.6. The quantitative estimate of drug-likeness (QED) is 0.250. The molecular formula is C30H47N3O3. The van der Waals surface area contributed by atoms with Gasteiger partial charge in [0.1, 0.15) is 0 Å². The first kappa shape index (κ1) is 28.4. The highest BCUT2D eigenvalue weighted by atomic mass is 16.2. The highest BCUT2D eigenvalue weighted by Crippen LogP contribution is 2.36. The van der Waals surface area contributed by atoms with Crippen molar-refractivity contribution in [3.8, 4) is 0 Å². The fourth-order valence-electron chi connectivity index (χ4n) is 6.10. The van der Waals surface area contributed by atoms with E-state index in [2.05, 4.69) is 45.3 Å². The molecule has 2 heterocycles. The van der Waals surface area contributed by atoms with Crippen LogP contribution in [-0.4, -0.2) is 46.3 Å². The molecule has 0 aliphatic carbocycles. The summed E-state index contributed by atoms with van der Waals surface area (Å²) in [5.41, 5.74) is 0.832. The van der Waals surface area contributed by atoms with E-state index in [0.717, 1.165) is 12.8 Å². The maximum Gasteiger partial charge on any atom is 0.261 e. The first-order valence-electron chi connectivity index (χ1n) is 14.1. The monoisotopic (exact) mass is 497 g/mol. The lowest BCUT2D eigenvalue weighted by Crippen LogP contribution is -2.62. The zero-order valence-electron chi connectivity index (χ0n) is 23.2. The minimum absolute atomic E-state index is 0.169. The molecule has 3 amide bonds. The van der Waals surface area contributed by atoms with Crippen molar-refractivity contribution in [2.75, 3.05) is 6.54 Å². The molecule has 2 aliphatic rings. The summed E-state index contributed by atoms with van der Waals surface area (Å²) in [5.74, 6) is -0.708. The Kier molecular flexibility index (Phi) is 9.73. The molecule has 1 fully saturated rings. The van der Waals surface area contributed by atoms with Crippen molar-refractivity contribution in [3.63, 3.8) is 0 Å². The molecule has 1 saturated heterocycles. The van der Waals surface area contributed by atoms with Crippen molar-refractivity contribution in [1.82, 2.24) is 15.5 Å². The van der Waals surface area contributed by atoms with E-state index >= 15 is 0 Å². The van der Waals surface area contributed by atoms with E-state index in [1.165, 1.54) is 56.3 Å². The summed E-state index contributed by atoms with van der Waals surface area (Å²) >= 11 is 0. The molecule has 6 nitrogen and oxygen atoms in total. The summed E-state index contributed by atoms with van der Waals surface area (Å²) in [6.07, 6.45) is 13.9. The molecule has 0 bridgehead atoms. The number of imide groups is 1. The Balaban J connectivity index is 1.48. The van der Waals surface area contributed by atoms with Gasteiger partial charge in [0.15, 0.2) is 0 Å². The summed E-state index contributed by atoms with van der Waals surface area (Å²) in [6.45, 7) is 11.3. The van der Waals surface area contributed by atoms with E-state index in [1.807, 2.05) is 0 Å². The molecule has 0 atom stereocenters. The Morgan fingerprint density at radius 1 is 0.861 bits per heavy atom. The van der Waals surface area contributed by atoms with E-state index in [9.17, 15) is 14.4 Å². The maximum atomic E-state index is 13.3. The van der Waals surface area contributed by atoms with Gasteiger partial charge in [0, 0.05) is 29.2 Å². The molecule has 2 N–H and O–H groups in total. The van der Waals surface area contributed by atoms with Crippen LogP contribution in [0.5, 0.6) is 0 Å². The number of amides is 3.